The highest BCUT2D eigenvalue weighted by molar-refractivity contribution is 6.09. The molecule has 2 amide bonds. The number of hydrogen-bond donors (Lipinski definition) is 2. The molecule has 8 heteroatoms. The highest BCUT2D eigenvalue weighted by Crippen LogP contribution is 2.29. The lowest BCUT2D eigenvalue weighted by Gasteiger charge is -2.12. The van der Waals surface area contributed by atoms with E-state index in [1.807, 2.05) is 31.2 Å². The first-order valence-electron chi connectivity index (χ1n) is 10.8. The summed E-state index contributed by atoms with van der Waals surface area (Å²) in [5.41, 5.74) is 1.67. The summed E-state index contributed by atoms with van der Waals surface area (Å²) >= 11 is 0. The maximum atomic E-state index is 12.6. The molecule has 3 aromatic carbocycles. The Bertz CT molecular complexity index is 1230. The number of nitriles is 1. The fourth-order valence-electron chi connectivity index (χ4n) is 3.07. The van der Waals surface area contributed by atoms with Crippen LogP contribution in [0, 0.1) is 11.3 Å². The van der Waals surface area contributed by atoms with E-state index in [9.17, 15) is 14.9 Å². The minimum Gasteiger partial charge on any atom is -0.494 e. The molecule has 0 saturated carbocycles. The smallest absolute Gasteiger partial charge is 0.266 e. The average Bonchev–Trinajstić information content (AvgIpc) is 2.88. The van der Waals surface area contributed by atoms with Crippen molar-refractivity contribution in [3.63, 3.8) is 0 Å². The van der Waals surface area contributed by atoms with E-state index in [0.717, 1.165) is 0 Å². The van der Waals surface area contributed by atoms with Gasteiger partial charge in [-0.05, 0) is 67.1 Å². The van der Waals surface area contributed by atoms with Crippen molar-refractivity contribution in [3.8, 4) is 23.3 Å². The van der Waals surface area contributed by atoms with Crippen molar-refractivity contribution in [1.82, 2.24) is 0 Å². The largest absolute Gasteiger partial charge is 0.494 e. The highest BCUT2D eigenvalue weighted by atomic mass is 16.5. The van der Waals surface area contributed by atoms with Gasteiger partial charge in [0, 0.05) is 11.4 Å². The van der Waals surface area contributed by atoms with Crippen LogP contribution in [0.25, 0.3) is 6.08 Å². The van der Waals surface area contributed by atoms with Crippen LogP contribution in [0.5, 0.6) is 17.2 Å². The number of carbonyl (C=O) groups is 2. The standard InChI is InChI=1S/C27H25N3O5/c1-3-34-23-12-10-22(11-13-23)30-27(32)20(17-28)15-19-9-14-24(25(16-19)33-2)35-18-26(31)29-21-7-5-4-6-8-21/h4-16H,3,18H2,1-2H3,(H,29,31)(H,30,32)/b20-15+. The molecular weight excluding hydrogens is 446 g/mol. The van der Waals surface area contributed by atoms with Gasteiger partial charge in [0.05, 0.1) is 13.7 Å². The number of carbonyl (C=O) groups excluding carboxylic acids is 2. The Morgan fingerprint density at radius 3 is 2.29 bits per heavy atom. The Kier molecular flexibility index (Phi) is 8.85. The molecule has 0 atom stereocenters. The quantitative estimate of drug-likeness (QED) is 0.329. The lowest BCUT2D eigenvalue weighted by Crippen LogP contribution is -2.20. The summed E-state index contributed by atoms with van der Waals surface area (Å²) in [6, 6.07) is 22.7. The monoisotopic (exact) mass is 471 g/mol. The summed E-state index contributed by atoms with van der Waals surface area (Å²) in [4.78, 5) is 24.7. The molecule has 0 saturated heterocycles. The summed E-state index contributed by atoms with van der Waals surface area (Å²) in [6.45, 7) is 2.21. The van der Waals surface area contributed by atoms with Gasteiger partial charge in [0.1, 0.15) is 17.4 Å². The van der Waals surface area contributed by atoms with Crippen molar-refractivity contribution in [3.05, 3.63) is 83.9 Å². The van der Waals surface area contributed by atoms with Crippen LogP contribution in [-0.2, 0) is 9.59 Å². The van der Waals surface area contributed by atoms with E-state index < -0.39 is 5.91 Å². The predicted octanol–water partition coefficient (Wildman–Crippen LogP) is 4.66. The Balaban J connectivity index is 1.65. The van der Waals surface area contributed by atoms with Gasteiger partial charge in [-0.25, -0.2) is 0 Å². The maximum Gasteiger partial charge on any atom is 0.266 e. The third-order valence-corrected chi connectivity index (χ3v) is 4.70. The van der Waals surface area contributed by atoms with Crippen LogP contribution in [0.1, 0.15) is 12.5 Å². The Morgan fingerprint density at radius 1 is 0.914 bits per heavy atom. The second-order valence-electron chi connectivity index (χ2n) is 7.19. The SMILES string of the molecule is CCOc1ccc(NC(=O)/C(C#N)=C/c2ccc(OCC(=O)Nc3ccccc3)c(OC)c2)cc1. The highest BCUT2D eigenvalue weighted by Gasteiger charge is 2.12. The molecule has 0 aromatic heterocycles. The number of amides is 2. The predicted molar refractivity (Wildman–Crippen MR) is 133 cm³/mol. The van der Waals surface area contributed by atoms with E-state index in [2.05, 4.69) is 10.6 Å². The zero-order chi connectivity index (χ0) is 25.0. The normalized spacial score (nSPS) is 10.6. The van der Waals surface area contributed by atoms with Crippen molar-refractivity contribution in [2.45, 2.75) is 6.92 Å². The molecule has 0 unspecified atom stereocenters. The van der Waals surface area contributed by atoms with Crippen molar-refractivity contribution >= 4 is 29.3 Å². The van der Waals surface area contributed by atoms with Gasteiger partial charge in [0.2, 0.25) is 0 Å². The number of anilines is 2. The molecule has 8 nitrogen and oxygen atoms in total. The number of hydrogen-bond acceptors (Lipinski definition) is 6. The van der Waals surface area contributed by atoms with Crippen LogP contribution in [-0.4, -0.2) is 32.1 Å². The van der Waals surface area contributed by atoms with Gasteiger partial charge in [0.15, 0.2) is 18.1 Å². The zero-order valence-electron chi connectivity index (χ0n) is 19.4. The van der Waals surface area contributed by atoms with Crippen LogP contribution in [0.2, 0.25) is 0 Å². The Labute approximate surface area is 203 Å². The first kappa shape index (κ1) is 24.9. The molecule has 0 heterocycles. The fourth-order valence-corrected chi connectivity index (χ4v) is 3.07. The number of rotatable bonds is 10. The molecule has 3 aromatic rings. The number of methoxy groups -OCH3 is 1. The zero-order valence-corrected chi connectivity index (χ0v) is 19.4. The minimum atomic E-state index is -0.548. The lowest BCUT2D eigenvalue weighted by atomic mass is 10.1. The molecule has 0 aliphatic carbocycles. The topological polar surface area (TPSA) is 110 Å². The number of para-hydroxylation sites is 1. The van der Waals surface area contributed by atoms with E-state index in [4.69, 9.17) is 14.2 Å². The summed E-state index contributed by atoms with van der Waals surface area (Å²) < 4.78 is 16.3. The van der Waals surface area contributed by atoms with Gasteiger partial charge in [-0.2, -0.15) is 5.26 Å². The molecule has 3 rings (SSSR count). The van der Waals surface area contributed by atoms with Gasteiger partial charge in [-0.1, -0.05) is 24.3 Å². The summed E-state index contributed by atoms with van der Waals surface area (Å²) in [5.74, 6) is 0.530. The van der Waals surface area contributed by atoms with Crippen LogP contribution >= 0.6 is 0 Å². The summed E-state index contributed by atoms with van der Waals surface area (Å²) in [5, 5.41) is 14.9. The first-order valence-corrected chi connectivity index (χ1v) is 10.8. The van der Waals surface area contributed by atoms with E-state index >= 15 is 0 Å². The third-order valence-electron chi connectivity index (χ3n) is 4.70. The van der Waals surface area contributed by atoms with Crippen molar-refractivity contribution in [2.24, 2.45) is 0 Å². The van der Waals surface area contributed by atoms with Crippen LogP contribution < -0.4 is 24.8 Å². The lowest BCUT2D eigenvalue weighted by molar-refractivity contribution is -0.118. The molecule has 0 aliphatic rings. The van der Waals surface area contributed by atoms with Crippen LogP contribution in [0.15, 0.2) is 78.4 Å². The van der Waals surface area contributed by atoms with Crippen LogP contribution in [0.3, 0.4) is 0 Å². The summed E-state index contributed by atoms with van der Waals surface area (Å²) in [7, 11) is 1.46. The van der Waals surface area contributed by atoms with Gasteiger partial charge in [0.25, 0.3) is 11.8 Å². The van der Waals surface area contributed by atoms with Gasteiger partial charge < -0.3 is 24.8 Å². The van der Waals surface area contributed by atoms with Crippen molar-refractivity contribution < 1.29 is 23.8 Å². The number of ether oxygens (including phenoxy) is 3. The average molecular weight is 472 g/mol. The maximum absolute atomic E-state index is 12.6. The van der Waals surface area contributed by atoms with E-state index in [1.165, 1.54) is 13.2 Å². The van der Waals surface area contributed by atoms with E-state index in [1.54, 1.807) is 54.6 Å². The third kappa shape index (κ3) is 7.37. The van der Waals surface area contributed by atoms with Crippen LogP contribution in [0.4, 0.5) is 11.4 Å². The van der Waals surface area contributed by atoms with Crippen molar-refractivity contribution in [1.29, 1.82) is 5.26 Å². The second kappa shape index (κ2) is 12.5. The Hall–Kier alpha value is -4.77. The van der Waals surface area contributed by atoms with Crippen molar-refractivity contribution in [2.75, 3.05) is 31.0 Å². The molecule has 35 heavy (non-hydrogen) atoms. The molecule has 0 radical (unpaired) electrons. The molecule has 0 fully saturated rings. The minimum absolute atomic E-state index is 0.0863. The molecular formula is C27H25N3O5. The molecule has 0 aliphatic heterocycles. The van der Waals surface area contributed by atoms with E-state index in [0.29, 0.717) is 40.8 Å². The Morgan fingerprint density at radius 2 is 1.63 bits per heavy atom. The first-order chi connectivity index (χ1) is 17.0. The number of nitrogens with one attached hydrogen (secondary N) is 2. The molecule has 178 valence electrons. The molecule has 0 bridgehead atoms. The molecule has 0 spiro atoms. The fraction of sp³-hybridized carbons (Fsp3) is 0.148. The van der Waals surface area contributed by atoms with E-state index in [-0.39, 0.29) is 18.1 Å². The summed E-state index contributed by atoms with van der Waals surface area (Å²) in [6.07, 6.45) is 1.44. The molecule has 2 N–H and O–H groups in total. The second-order valence-corrected chi connectivity index (χ2v) is 7.19. The number of benzene rings is 3. The number of nitrogens with zero attached hydrogens (tertiary/aromatic N) is 1. The van der Waals surface area contributed by atoms with Gasteiger partial charge in [-0.3, -0.25) is 9.59 Å². The van der Waals surface area contributed by atoms with Gasteiger partial charge in [-0.15, -0.1) is 0 Å². The van der Waals surface area contributed by atoms with Gasteiger partial charge >= 0.3 is 0 Å².